The number of nitrogens with two attached hydrogens (primary N) is 1. The van der Waals surface area contributed by atoms with Crippen molar-refractivity contribution in [3.8, 4) is 0 Å². The minimum atomic E-state index is 0.379. The molecule has 2 heteroatoms. The zero-order valence-electron chi connectivity index (χ0n) is 13.2. The normalized spacial score (nSPS) is 31.3. The summed E-state index contributed by atoms with van der Waals surface area (Å²) in [6.07, 6.45) is 5.32. The van der Waals surface area contributed by atoms with E-state index in [0.717, 1.165) is 25.6 Å². The van der Waals surface area contributed by atoms with E-state index in [1.807, 2.05) is 0 Å². The molecule has 2 nitrogen and oxygen atoms in total. The van der Waals surface area contributed by atoms with Gasteiger partial charge in [0.1, 0.15) is 0 Å². The van der Waals surface area contributed by atoms with Crippen LogP contribution in [0.3, 0.4) is 0 Å². The Bertz CT molecular complexity index is 234. The highest BCUT2D eigenvalue weighted by molar-refractivity contribution is 4.88. The summed E-state index contributed by atoms with van der Waals surface area (Å²) in [7, 11) is 0. The summed E-state index contributed by atoms with van der Waals surface area (Å²) in [6.45, 7) is 14.7. The molecule has 0 amide bonds. The molecule has 0 aromatic rings. The Balaban J connectivity index is 2.36. The highest BCUT2D eigenvalue weighted by Crippen LogP contribution is 2.37. The third kappa shape index (κ3) is 4.55. The molecule has 0 aromatic carbocycles. The second-order valence-electron chi connectivity index (χ2n) is 7.78. The molecule has 18 heavy (non-hydrogen) atoms. The van der Waals surface area contributed by atoms with Gasteiger partial charge in [-0.2, -0.15) is 0 Å². The van der Waals surface area contributed by atoms with Crippen LogP contribution in [0.2, 0.25) is 0 Å². The molecule has 0 radical (unpaired) electrons. The summed E-state index contributed by atoms with van der Waals surface area (Å²) in [4.78, 5) is 0. The maximum absolute atomic E-state index is 6.05. The van der Waals surface area contributed by atoms with Gasteiger partial charge in [-0.25, -0.2) is 0 Å². The Hall–Kier alpha value is -0.0800. The molecular weight excluding hydrogens is 220 g/mol. The quantitative estimate of drug-likeness (QED) is 0.789. The monoisotopic (exact) mass is 254 g/mol. The molecular formula is C16H34N2. The van der Waals surface area contributed by atoms with E-state index in [4.69, 9.17) is 5.73 Å². The van der Waals surface area contributed by atoms with Crippen molar-refractivity contribution in [2.24, 2.45) is 28.4 Å². The summed E-state index contributed by atoms with van der Waals surface area (Å²) in [5, 5.41) is 3.69. The van der Waals surface area contributed by atoms with Crippen LogP contribution < -0.4 is 11.1 Å². The largest absolute Gasteiger partial charge is 0.330 e. The molecule has 1 fully saturated rings. The Morgan fingerprint density at radius 2 is 1.83 bits per heavy atom. The van der Waals surface area contributed by atoms with E-state index in [2.05, 4.69) is 39.9 Å². The molecule has 1 rings (SSSR count). The standard InChI is InChI=1S/C16H34N2/c1-13-6-8-16(11-17,9-7-13)12-18-10-14(2)15(3,4)5/h13-14,18H,6-12,17H2,1-5H3. The van der Waals surface area contributed by atoms with Gasteiger partial charge in [-0.15, -0.1) is 0 Å². The molecule has 0 saturated heterocycles. The van der Waals surface area contributed by atoms with Crippen LogP contribution in [-0.4, -0.2) is 19.6 Å². The fourth-order valence-electron chi connectivity index (χ4n) is 2.69. The summed E-state index contributed by atoms with van der Waals surface area (Å²) in [6, 6.07) is 0. The van der Waals surface area contributed by atoms with Gasteiger partial charge in [-0.05, 0) is 48.6 Å². The topological polar surface area (TPSA) is 38.0 Å². The van der Waals surface area contributed by atoms with E-state index in [0.29, 0.717) is 16.7 Å². The summed E-state index contributed by atoms with van der Waals surface area (Å²) < 4.78 is 0. The molecule has 0 bridgehead atoms. The van der Waals surface area contributed by atoms with Crippen molar-refractivity contribution in [2.45, 2.75) is 60.3 Å². The lowest BCUT2D eigenvalue weighted by molar-refractivity contribution is 0.151. The van der Waals surface area contributed by atoms with Gasteiger partial charge in [0.25, 0.3) is 0 Å². The molecule has 108 valence electrons. The molecule has 1 atom stereocenters. The van der Waals surface area contributed by atoms with Gasteiger partial charge in [0.2, 0.25) is 0 Å². The molecule has 0 aromatic heterocycles. The smallest absolute Gasteiger partial charge is 0.00200 e. The molecule has 1 aliphatic carbocycles. The fourth-order valence-corrected chi connectivity index (χ4v) is 2.69. The van der Waals surface area contributed by atoms with Crippen LogP contribution in [0.25, 0.3) is 0 Å². The molecule has 3 N–H and O–H groups in total. The van der Waals surface area contributed by atoms with Gasteiger partial charge in [-0.1, -0.05) is 47.5 Å². The lowest BCUT2D eigenvalue weighted by atomic mass is 9.70. The van der Waals surface area contributed by atoms with Crippen molar-refractivity contribution in [3.05, 3.63) is 0 Å². The van der Waals surface area contributed by atoms with Crippen molar-refractivity contribution in [2.75, 3.05) is 19.6 Å². The third-order valence-electron chi connectivity index (χ3n) is 5.20. The van der Waals surface area contributed by atoms with E-state index in [9.17, 15) is 0 Å². The van der Waals surface area contributed by atoms with Crippen LogP contribution in [-0.2, 0) is 0 Å². The lowest BCUT2D eigenvalue weighted by Gasteiger charge is -2.39. The predicted octanol–water partition coefficient (Wildman–Crippen LogP) is 3.41. The average molecular weight is 254 g/mol. The Labute approximate surface area is 114 Å². The zero-order chi connectivity index (χ0) is 13.8. The number of rotatable bonds is 5. The van der Waals surface area contributed by atoms with Crippen LogP contribution in [0.1, 0.15) is 60.3 Å². The molecule has 0 heterocycles. The number of nitrogens with one attached hydrogen (secondary N) is 1. The second kappa shape index (κ2) is 6.38. The fraction of sp³-hybridized carbons (Fsp3) is 1.00. The van der Waals surface area contributed by atoms with Gasteiger partial charge in [-0.3, -0.25) is 0 Å². The van der Waals surface area contributed by atoms with E-state index in [-0.39, 0.29) is 0 Å². The molecule has 1 saturated carbocycles. The predicted molar refractivity (Wildman–Crippen MR) is 80.6 cm³/mol. The minimum Gasteiger partial charge on any atom is -0.330 e. The first-order chi connectivity index (χ1) is 8.29. The zero-order valence-corrected chi connectivity index (χ0v) is 13.2. The van der Waals surface area contributed by atoms with Crippen LogP contribution in [0, 0.1) is 22.7 Å². The minimum absolute atomic E-state index is 0.379. The number of hydrogen-bond donors (Lipinski definition) is 2. The second-order valence-corrected chi connectivity index (χ2v) is 7.78. The first kappa shape index (κ1) is 16.0. The van der Waals surface area contributed by atoms with Gasteiger partial charge < -0.3 is 11.1 Å². The van der Waals surface area contributed by atoms with Crippen molar-refractivity contribution >= 4 is 0 Å². The SMILES string of the molecule is CC1CCC(CN)(CNCC(C)C(C)(C)C)CC1. The van der Waals surface area contributed by atoms with Gasteiger partial charge in [0, 0.05) is 6.54 Å². The highest BCUT2D eigenvalue weighted by Gasteiger charge is 2.32. The van der Waals surface area contributed by atoms with Crippen molar-refractivity contribution < 1.29 is 0 Å². The first-order valence-electron chi connectivity index (χ1n) is 7.70. The van der Waals surface area contributed by atoms with Crippen molar-refractivity contribution in [1.82, 2.24) is 5.32 Å². The Kier molecular flexibility index (Phi) is 5.67. The molecule has 0 spiro atoms. The van der Waals surface area contributed by atoms with Crippen molar-refractivity contribution in [1.29, 1.82) is 0 Å². The van der Waals surface area contributed by atoms with E-state index in [1.54, 1.807) is 0 Å². The van der Waals surface area contributed by atoms with Crippen LogP contribution in [0.15, 0.2) is 0 Å². The van der Waals surface area contributed by atoms with Gasteiger partial charge in [0.05, 0.1) is 0 Å². The highest BCUT2D eigenvalue weighted by atomic mass is 14.9. The molecule has 0 aliphatic heterocycles. The Morgan fingerprint density at radius 3 is 2.28 bits per heavy atom. The average Bonchev–Trinajstić information content (AvgIpc) is 2.31. The lowest BCUT2D eigenvalue weighted by Crippen LogP contribution is -2.44. The number of hydrogen-bond acceptors (Lipinski definition) is 2. The Morgan fingerprint density at radius 1 is 1.28 bits per heavy atom. The van der Waals surface area contributed by atoms with E-state index >= 15 is 0 Å². The third-order valence-corrected chi connectivity index (χ3v) is 5.20. The van der Waals surface area contributed by atoms with Crippen LogP contribution in [0.5, 0.6) is 0 Å². The summed E-state index contributed by atoms with van der Waals surface area (Å²) in [5.74, 6) is 1.60. The van der Waals surface area contributed by atoms with Crippen molar-refractivity contribution in [3.63, 3.8) is 0 Å². The summed E-state index contributed by atoms with van der Waals surface area (Å²) in [5.41, 5.74) is 6.82. The van der Waals surface area contributed by atoms with Crippen LogP contribution in [0.4, 0.5) is 0 Å². The maximum atomic E-state index is 6.05. The first-order valence-corrected chi connectivity index (χ1v) is 7.70. The maximum Gasteiger partial charge on any atom is 0.00200 e. The van der Waals surface area contributed by atoms with Gasteiger partial charge in [0.15, 0.2) is 0 Å². The van der Waals surface area contributed by atoms with Gasteiger partial charge >= 0.3 is 0 Å². The van der Waals surface area contributed by atoms with E-state index in [1.165, 1.54) is 25.7 Å². The molecule has 1 aliphatic rings. The van der Waals surface area contributed by atoms with Crippen LogP contribution >= 0.6 is 0 Å². The molecule has 1 unspecified atom stereocenters. The summed E-state index contributed by atoms with van der Waals surface area (Å²) >= 11 is 0. The van der Waals surface area contributed by atoms with E-state index < -0.39 is 0 Å².